The molecule has 0 unspecified atom stereocenters. The molecule has 2 rings (SSSR count). The summed E-state index contributed by atoms with van der Waals surface area (Å²) < 4.78 is 0. The number of carbonyl (C=O) groups is 1. The SMILES string of the molecule is [CH2]c1ccc(NC(=O)c2ccccc2)cc1. The zero-order chi connectivity index (χ0) is 11.4. The third kappa shape index (κ3) is 2.48. The van der Waals surface area contributed by atoms with E-state index in [1.807, 2.05) is 42.5 Å². The maximum atomic E-state index is 11.8. The van der Waals surface area contributed by atoms with Crippen LogP contribution in [0.1, 0.15) is 15.9 Å². The molecule has 0 aromatic heterocycles. The van der Waals surface area contributed by atoms with Gasteiger partial charge in [-0.3, -0.25) is 4.79 Å². The van der Waals surface area contributed by atoms with Gasteiger partial charge >= 0.3 is 0 Å². The van der Waals surface area contributed by atoms with E-state index in [2.05, 4.69) is 12.2 Å². The number of hydrogen-bond donors (Lipinski definition) is 1. The van der Waals surface area contributed by atoms with Gasteiger partial charge in [0.2, 0.25) is 0 Å². The summed E-state index contributed by atoms with van der Waals surface area (Å²) in [5, 5.41) is 2.82. The molecule has 1 radical (unpaired) electrons. The first-order chi connectivity index (χ1) is 7.75. The molecule has 0 aliphatic carbocycles. The van der Waals surface area contributed by atoms with Crippen LogP contribution in [0.3, 0.4) is 0 Å². The minimum atomic E-state index is -0.0996. The predicted octanol–water partition coefficient (Wildman–Crippen LogP) is 3.12. The Balaban J connectivity index is 2.11. The van der Waals surface area contributed by atoms with E-state index in [-0.39, 0.29) is 5.91 Å². The van der Waals surface area contributed by atoms with E-state index in [0.717, 1.165) is 11.3 Å². The predicted molar refractivity (Wildman–Crippen MR) is 65.3 cm³/mol. The molecule has 0 spiro atoms. The molecule has 1 N–H and O–H groups in total. The molecular weight excluding hydrogens is 198 g/mol. The van der Waals surface area contributed by atoms with Gasteiger partial charge in [0, 0.05) is 11.3 Å². The average Bonchev–Trinajstić information content (AvgIpc) is 2.33. The smallest absolute Gasteiger partial charge is 0.255 e. The first kappa shape index (κ1) is 10.4. The van der Waals surface area contributed by atoms with Crippen molar-refractivity contribution in [2.45, 2.75) is 0 Å². The molecule has 2 nitrogen and oxygen atoms in total. The van der Waals surface area contributed by atoms with Crippen LogP contribution >= 0.6 is 0 Å². The van der Waals surface area contributed by atoms with Crippen molar-refractivity contribution in [3.8, 4) is 0 Å². The molecule has 0 aliphatic rings. The van der Waals surface area contributed by atoms with Gasteiger partial charge in [-0.05, 0) is 36.8 Å². The fraction of sp³-hybridized carbons (Fsp3) is 0. The Morgan fingerprint density at radius 3 is 2.19 bits per heavy atom. The largest absolute Gasteiger partial charge is 0.322 e. The highest BCUT2D eigenvalue weighted by molar-refractivity contribution is 6.04. The molecule has 0 fully saturated rings. The lowest BCUT2D eigenvalue weighted by Gasteiger charge is -2.05. The third-order valence-electron chi connectivity index (χ3n) is 2.25. The van der Waals surface area contributed by atoms with Gasteiger partial charge < -0.3 is 5.32 Å². The molecule has 0 bridgehead atoms. The number of hydrogen-bond acceptors (Lipinski definition) is 1. The molecule has 2 aromatic rings. The molecule has 0 saturated carbocycles. The van der Waals surface area contributed by atoms with Gasteiger partial charge in [-0.2, -0.15) is 0 Å². The van der Waals surface area contributed by atoms with Crippen LogP contribution in [-0.2, 0) is 0 Å². The summed E-state index contributed by atoms with van der Waals surface area (Å²) in [5.41, 5.74) is 2.36. The summed E-state index contributed by atoms with van der Waals surface area (Å²) in [4.78, 5) is 11.8. The molecule has 0 aliphatic heterocycles. The summed E-state index contributed by atoms with van der Waals surface area (Å²) >= 11 is 0. The van der Waals surface area contributed by atoms with E-state index >= 15 is 0 Å². The Bertz CT molecular complexity index is 474. The van der Waals surface area contributed by atoms with E-state index in [1.54, 1.807) is 12.1 Å². The Morgan fingerprint density at radius 1 is 0.938 bits per heavy atom. The molecule has 1 amide bonds. The quantitative estimate of drug-likeness (QED) is 0.810. The van der Waals surface area contributed by atoms with Crippen LogP contribution in [0.25, 0.3) is 0 Å². The van der Waals surface area contributed by atoms with E-state index < -0.39 is 0 Å². The summed E-state index contributed by atoms with van der Waals surface area (Å²) in [6.07, 6.45) is 0. The van der Waals surface area contributed by atoms with Crippen molar-refractivity contribution in [3.05, 3.63) is 72.6 Å². The van der Waals surface area contributed by atoms with Gasteiger partial charge in [0.25, 0.3) is 5.91 Å². The van der Waals surface area contributed by atoms with Crippen molar-refractivity contribution in [2.75, 3.05) is 5.32 Å². The number of carbonyl (C=O) groups excluding carboxylic acids is 1. The van der Waals surface area contributed by atoms with Crippen molar-refractivity contribution >= 4 is 11.6 Å². The molecule has 0 heterocycles. The maximum Gasteiger partial charge on any atom is 0.255 e. The Morgan fingerprint density at radius 2 is 1.56 bits per heavy atom. The van der Waals surface area contributed by atoms with Gasteiger partial charge in [0.15, 0.2) is 0 Å². The van der Waals surface area contributed by atoms with Crippen LogP contribution in [0.15, 0.2) is 54.6 Å². The van der Waals surface area contributed by atoms with Crippen LogP contribution in [-0.4, -0.2) is 5.91 Å². The molecule has 0 saturated heterocycles. The normalized spacial score (nSPS) is 9.81. The van der Waals surface area contributed by atoms with E-state index in [1.165, 1.54) is 0 Å². The zero-order valence-electron chi connectivity index (χ0n) is 8.81. The van der Waals surface area contributed by atoms with Crippen LogP contribution in [0.4, 0.5) is 5.69 Å². The summed E-state index contributed by atoms with van der Waals surface area (Å²) in [6, 6.07) is 16.5. The highest BCUT2D eigenvalue weighted by atomic mass is 16.1. The Hall–Kier alpha value is -2.09. The van der Waals surface area contributed by atoms with Gasteiger partial charge in [-0.15, -0.1) is 0 Å². The van der Waals surface area contributed by atoms with E-state index in [4.69, 9.17) is 0 Å². The lowest BCUT2D eigenvalue weighted by Crippen LogP contribution is -2.11. The van der Waals surface area contributed by atoms with Crippen LogP contribution in [0, 0.1) is 6.92 Å². The number of amides is 1. The van der Waals surface area contributed by atoms with E-state index in [9.17, 15) is 4.79 Å². The Labute approximate surface area is 94.9 Å². The summed E-state index contributed by atoms with van der Waals surface area (Å²) in [7, 11) is 0. The van der Waals surface area contributed by atoms with Crippen LogP contribution in [0.5, 0.6) is 0 Å². The first-order valence-electron chi connectivity index (χ1n) is 5.04. The second-order valence-corrected chi connectivity index (χ2v) is 3.52. The molecule has 0 atom stereocenters. The fourth-order valence-electron chi connectivity index (χ4n) is 1.38. The van der Waals surface area contributed by atoms with Gasteiger partial charge in [-0.1, -0.05) is 30.3 Å². The number of rotatable bonds is 2. The standard InChI is InChI=1S/C14H12NO/c1-11-7-9-13(10-8-11)15-14(16)12-5-3-2-4-6-12/h2-10H,1H2,(H,15,16). The van der Waals surface area contributed by atoms with Gasteiger partial charge in [-0.25, -0.2) is 0 Å². The van der Waals surface area contributed by atoms with Crippen molar-refractivity contribution in [1.29, 1.82) is 0 Å². The molecule has 16 heavy (non-hydrogen) atoms. The van der Waals surface area contributed by atoms with Crippen LogP contribution < -0.4 is 5.32 Å². The van der Waals surface area contributed by atoms with Crippen LogP contribution in [0.2, 0.25) is 0 Å². The molecular formula is C14H12NO. The second kappa shape index (κ2) is 4.62. The lowest BCUT2D eigenvalue weighted by molar-refractivity contribution is 0.102. The first-order valence-corrected chi connectivity index (χ1v) is 5.04. The zero-order valence-corrected chi connectivity index (χ0v) is 8.81. The fourth-order valence-corrected chi connectivity index (χ4v) is 1.38. The highest BCUT2D eigenvalue weighted by Gasteiger charge is 2.03. The van der Waals surface area contributed by atoms with Gasteiger partial charge in [0.05, 0.1) is 0 Å². The minimum Gasteiger partial charge on any atom is -0.322 e. The molecule has 79 valence electrons. The monoisotopic (exact) mass is 210 g/mol. The van der Waals surface area contributed by atoms with Crippen molar-refractivity contribution < 1.29 is 4.79 Å². The number of nitrogens with one attached hydrogen (secondary N) is 1. The van der Waals surface area contributed by atoms with Gasteiger partial charge in [0.1, 0.15) is 0 Å². The summed E-state index contributed by atoms with van der Waals surface area (Å²) in [5.74, 6) is -0.0996. The maximum absolute atomic E-state index is 11.8. The second-order valence-electron chi connectivity index (χ2n) is 3.52. The third-order valence-corrected chi connectivity index (χ3v) is 2.25. The van der Waals surface area contributed by atoms with Crippen molar-refractivity contribution in [3.63, 3.8) is 0 Å². The van der Waals surface area contributed by atoms with E-state index in [0.29, 0.717) is 5.56 Å². The lowest BCUT2D eigenvalue weighted by atomic mass is 10.2. The molecule has 2 aromatic carbocycles. The topological polar surface area (TPSA) is 29.1 Å². The van der Waals surface area contributed by atoms with Crippen molar-refractivity contribution in [1.82, 2.24) is 0 Å². The number of benzene rings is 2. The Kier molecular flexibility index (Phi) is 3.01. The average molecular weight is 210 g/mol. The number of anilines is 1. The van der Waals surface area contributed by atoms with Crippen molar-refractivity contribution in [2.24, 2.45) is 0 Å². The highest BCUT2D eigenvalue weighted by Crippen LogP contribution is 2.10. The molecule has 2 heteroatoms. The minimum absolute atomic E-state index is 0.0996. The summed E-state index contributed by atoms with van der Waals surface area (Å²) in [6.45, 7) is 3.79.